The monoisotopic (exact) mass is 411 g/mol. The number of hydrogen-bond acceptors (Lipinski definition) is 4. The van der Waals surface area contributed by atoms with E-state index in [0.29, 0.717) is 5.56 Å². The third-order valence-corrected chi connectivity index (χ3v) is 3.97. The van der Waals surface area contributed by atoms with Crippen molar-refractivity contribution >= 4 is 17.5 Å². The summed E-state index contributed by atoms with van der Waals surface area (Å²) in [4.78, 5) is 12.5. The van der Waals surface area contributed by atoms with Crippen LogP contribution in [0.3, 0.4) is 0 Å². The van der Waals surface area contributed by atoms with Crippen molar-refractivity contribution in [2.24, 2.45) is 0 Å². The van der Waals surface area contributed by atoms with Gasteiger partial charge < -0.3 is 15.2 Å². The van der Waals surface area contributed by atoms with Gasteiger partial charge in [0, 0.05) is 12.2 Å². The molecule has 0 saturated carbocycles. The molecule has 152 valence electrons. The van der Waals surface area contributed by atoms with Gasteiger partial charge in [0.25, 0.3) is 5.91 Å². The quantitative estimate of drug-likeness (QED) is 0.571. The second-order valence-electron chi connectivity index (χ2n) is 6.11. The maximum Gasteiger partial charge on any atom is 0.416 e. The smallest absolute Gasteiger partial charge is 0.349 e. The van der Waals surface area contributed by atoms with Crippen molar-refractivity contribution in [2.75, 3.05) is 10.6 Å². The third kappa shape index (κ3) is 4.71. The van der Waals surface area contributed by atoms with E-state index in [2.05, 4.69) is 15.8 Å². The van der Waals surface area contributed by atoms with Crippen molar-refractivity contribution in [3.8, 4) is 0 Å². The van der Waals surface area contributed by atoms with E-state index in [9.17, 15) is 26.7 Å². The molecule has 1 aromatic heterocycles. The molecule has 0 fully saturated rings. The van der Waals surface area contributed by atoms with E-state index in [-0.39, 0.29) is 29.4 Å². The van der Waals surface area contributed by atoms with E-state index < -0.39 is 29.3 Å². The minimum absolute atomic E-state index is 0.00429. The average molecular weight is 411 g/mol. The van der Waals surface area contributed by atoms with Crippen LogP contribution < -0.4 is 10.6 Å². The van der Waals surface area contributed by atoms with Gasteiger partial charge in [0.15, 0.2) is 11.6 Å². The summed E-state index contributed by atoms with van der Waals surface area (Å²) in [6, 6.07) is 7.44. The first kappa shape index (κ1) is 20.3. The number of nitrogens with one attached hydrogen (secondary N) is 2. The summed E-state index contributed by atoms with van der Waals surface area (Å²) < 4.78 is 69.8. The van der Waals surface area contributed by atoms with E-state index in [1.54, 1.807) is 0 Å². The number of halogens is 5. The number of rotatable bonds is 5. The molecule has 2 aromatic carbocycles. The lowest BCUT2D eigenvalue weighted by atomic mass is 10.1. The Morgan fingerprint density at radius 3 is 2.55 bits per heavy atom. The van der Waals surface area contributed by atoms with E-state index in [1.807, 2.05) is 0 Å². The summed E-state index contributed by atoms with van der Waals surface area (Å²) in [6.45, 7) is 1.48. The number of alkyl halides is 3. The van der Waals surface area contributed by atoms with Crippen LogP contribution in [0.1, 0.15) is 27.2 Å². The first-order valence-electron chi connectivity index (χ1n) is 8.28. The van der Waals surface area contributed by atoms with Gasteiger partial charge in [0.1, 0.15) is 5.56 Å². The Morgan fingerprint density at radius 2 is 1.86 bits per heavy atom. The van der Waals surface area contributed by atoms with Crippen molar-refractivity contribution in [2.45, 2.75) is 19.6 Å². The summed E-state index contributed by atoms with van der Waals surface area (Å²) in [5.41, 5.74) is -0.416. The Kier molecular flexibility index (Phi) is 5.53. The number of carbonyl (C=O) groups is 1. The zero-order chi connectivity index (χ0) is 21.2. The molecule has 0 spiro atoms. The first-order chi connectivity index (χ1) is 13.6. The van der Waals surface area contributed by atoms with Crippen molar-refractivity contribution in [3.05, 3.63) is 76.5 Å². The first-order valence-corrected chi connectivity index (χ1v) is 8.28. The third-order valence-electron chi connectivity index (χ3n) is 3.97. The number of nitrogens with zero attached hydrogens (tertiary/aromatic N) is 1. The maximum absolute atomic E-state index is 13.3. The molecule has 0 unspecified atom stereocenters. The lowest BCUT2D eigenvalue weighted by Gasteiger charge is -2.10. The van der Waals surface area contributed by atoms with E-state index >= 15 is 0 Å². The summed E-state index contributed by atoms with van der Waals surface area (Å²) >= 11 is 0. The summed E-state index contributed by atoms with van der Waals surface area (Å²) in [5, 5.41) is 8.77. The highest BCUT2D eigenvalue weighted by atomic mass is 19.4. The number of carbonyl (C=O) groups excluding carboxylic acids is 1. The van der Waals surface area contributed by atoms with Gasteiger partial charge >= 0.3 is 6.18 Å². The standard InChI is InChI=1S/C19H14F5N3O2/c1-10-16(17(28)26-13-4-2-3-12(8-13)19(22,23)24)18(29-27-10)25-9-11-5-6-14(20)15(21)7-11/h2-8,25H,9H2,1H3,(H,26,28). The van der Waals surface area contributed by atoms with Crippen LogP contribution in [0.15, 0.2) is 47.0 Å². The number of benzene rings is 2. The molecule has 0 saturated heterocycles. The summed E-state index contributed by atoms with van der Waals surface area (Å²) in [6.07, 6.45) is -4.55. The van der Waals surface area contributed by atoms with Gasteiger partial charge in [-0.1, -0.05) is 17.3 Å². The molecule has 0 aliphatic heterocycles. The average Bonchev–Trinajstić information content (AvgIpc) is 3.03. The molecular formula is C19H14F5N3O2. The fourth-order valence-corrected chi connectivity index (χ4v) is 2.56. The molecule has 5 nitrogen and oxygen atoms in total. The molecule has 0 radical (unpaired) electrons. The molecule has 0 bridgehead atoms. The highest BCUT2D eigenvalue weighted by molar-refractivity contribution is 6.08. The molecule has 10 heteroatoms. The van der Waals surface area contributed by atoms with Crippen LogP contribution in [0.2, 0.25) is 0 Å². The molecule has 0 atom stereocenters. The van der Waals surface area contributed by atoms with Gasteiger partial charge in [-0.25, -0.2) is 8.78 Å². The summed E-state index contributed by atoms with van der Waals surface area (Å²) in [5.74, 6) is -2.82. The van der Waals surface area contributed by atoms with Gasteiger partial charge in [0.2, 0.25) is 5.88 Å². The van der Waals surface area contributed by atoms with Crippen LogP contribution >= 0.6 is 0 Å². The molecule has 0 aliphatic carbocycles. The van der Waals surface area contributed by atoms with Crippen LogP contribution in [0.5, 0.6) is 0 Å². The molecule has 0 aliphatic rings. The van der Waals surface area contributed by atoms with E-state index in [0.717, 1.165) is 24.3 Å². The zero-order valence-electron chi connectivity index (χ0n) is 14.9. The fraction of sp³-hybridized carbons (Fsp3) is 0.158. The zero-order valence-corrected chi connectivity index (χ0v) is 14.9. The van der Waals surface area contributed by atoms with Gasteiger partial charge in [-0.2, -0.15) is 13.2 Å². The lowest BCUT2D eigenvalue weighted by molar-refractivity contribution is -0.137. The predicted octanol–water partition coefficient (Wildman–Crippen LogP) is 5.14. The van der Waals surface area contributed by atoms with E-state index in [4.69, 9.17) is 4.52 Å². The van der Waals surface area contributed by atoms with Crippen LogP contribution in [-0.4, -0.2) is 11.1 Å². The Morgan fingerprint density at radius 1 is 1.10 bits per heavy atom. The molecule has 1 heterocycles. The van der Waals surface area contributed by atoms with Crippen molar-refractivity contribution in [3.63, 3.8) is 0 Å². The molecule has 3 aromatic rings. The fourth-order valence-electron chi connectivity index (χ4n) is 2.56. The predicted molar refractivity (Wildman–Crippen MR) is 94.3 cm³/mol. The Labute approximate surface area is 161 Å². The highest BCUT2D eigenvalue weighted by Crippen LogP contribution is 2.31. The molecular weight excluding hydrogens is 397 g/mol. The highest BCUT2D eigenvalue weighted by Gasteiger charge is 2.30. The number of anilines is 2. The van der Waals surface area contributed by atoms with E-state index in [1.165, 1.54) is 25.1 Å². The van der Waals surface area contributed by atoms with Crippen LogP contribution in [-0.2, 0) is 12.7 Å². The Hall–Kier alpha value is -3.43. The van der Waals surface area contributed by atoms with Gasteiger partial charge in [-0.15, -0.1) is 0 Å². The topological polar surface area (TPSA) is 67.2 Å². The number of aromatic nitrogens is 1. The number of aryl methyl sites for hydroxylation is 1. The Balaban J connectivity index is 1.76. The van der Waals surface area contributed by atoms with Gasteiger partial charge in [0.05, 0.1) is 11.3 Å². The molecule has 1 amide bonds. The SMILES string of the molecule is Cc1noc(NCc2ccc(F)c(F)c2)c1C(=O)Nc1cccc(C(F)(F)F)c1. The van der Waals surface area contributed by atoms with Crippen LogP contribution in [0.25, 0.3) is 0 Å². The largest absolute Gasteiger partial charge is 0.416 e. The minimum atomic E-state index is -4.55. The van der Waals surface area contributed by atoms with Gasteiger partial charge in [-0.3, -0.25) is 4.79 Å². The van der Waals surface area contributed by atoms with Crippen molar-refractivity contribution < 1.29 is 31.3 Å². The minimum Gasteiger partial charge on any atom is -0.349 e. The second-order valence-corrected chi connectivity index (χ2v) is 6.11. The molecule has 29 heavy (non-hydrogen) atoms. The van der Waals surface area contributed by atoms with Crippen molar-refractivity contribution in [1.29, 1.82) is 0 Å². The number of amides is 1. The van der Waals surface area contributed by atoms with Crippen LogP contribution in [0.4, 0.5) is 33.5 Å². The Bertz CT molecular complexity index is 1050. The maximum atomic E-state index is 13.3. The van der Waals surface area contributed by atoms with Gasteiger partial charge in [-0.05, 0) is 42.8 Å². The van der Waals surface area contributed by atoms with Crippen LogP contribution in [0, 0.1) is 18.6 Å². The second kappa shape index (κ2) is 7.90. The number of hydrogen-bond donors (Lipinski definition) is 2. The van der Waals surface area contributed by atoms with Crippen molar-refractivity contribution in [1.82, 2.24) is 5.16 Å². The molecule has 2 N–H and O–H groups in total. The normalized spacial score (nSPS) is 11.4. The lowest BCUT2D eigenvalue weighted by Crippen LogP contribution is -2.15. The molecule has 3 rings (SSSR count). The summed E-state index contributed by atoms with van der Waals surface area (Å²) in [7, 11) is 0.